The maximum Gasteiger partial charge on any atom is 0.254 e. The maximum absolute atomic E-state index is 15.8. The Kier molecular flexibility index (Phi) is 4.59. The van der Waals surface area contributed by atoms with Gasteiger partial charge in [-0.1, -0.05) is 18.2 Å². The van der Waals surface area contributed by atoms with Gasteiger partial charge < -0.3 is 19.8 Å². The molecule has 0 spiro atoms. The number of halogens is 1. The third kappa shape index (κ3) is 3.25. The molecule has 6 nitrogen and oxygen atoms in total. The number of aryl methyl sites for hydroxylation is 1. The van der Waals surface area contributed by atoms with Crippen LogP contribution in [0, 0.1) is 11.7 Å². The Bertz CT molecular complexity index is 1410. The first-order valence-electron chi connectivity index (χ1n) is 11.7. The van der Waals surface area contributed by atoms with Crippen molar-refractivity contribution in [3.05, 3.63) is 53.3 Å². The van der Waals surface area contributed by atoms with Gasteiger partial charge in [-0.2, -0.15) is 0 Å². The molecule has 6 rings (SSSR count). The van der Waals surface area contributed by atoms with Crippen LogP contribution in [0.1, 0.15) is 35.7 Å². The Morgan fingerprint density at radius 1 is 1.24 bits per heavy atom. The zero-order valence-electron chi connectivity index (χ0n) is 19.0. The number of amides is 1. The number of para-hydroxylation sites is 1. The van der Waals surface area contributed by atoms with Crippen LogP contribution in [-0.2, 0) is 20.0 Å². The van der Waals surface area contributed by atoms with Crippen LogP contribution >= 0.6 is 0 Å². The van der Waals surface area contributed by atoms with Gasteiger partial charge in [-0.3, -0.25) is 4.79 Å². The van der Waals surface area contributed by atoms with Gasteiger partial charge in [0, 0.05) is 54.8 Å². The summed E-state index contributed by atoms with van der Waals surface area (Å²) in [5.74, 6) is 0.918. The van der Waals surface area contributed by atoms with Gasteiger partial charge in [0.15, 0.2) is 11.6 Å². The molecule has 0 saturated heterocycles. The highest BCUT2D eigenvalue weighted by atomic mass is 19.1. The van der Waals surface area contributed by atoms with Gasteiger partial charge in [0.25, 0.3) is 5.91 Å². The lowest BCUT2D eigenvalue weighted by molar-refractivity contribution is 0.0730. The summed E-state index contributed by atoms with van der Waals surface area (Å²) in [5, 5.41) is 1.15. The van der Waals surface area contributed by atoms with Gasteiger partial charge in [-0.05, 0) is 50.3 Å². The molecule has 1 amide bonds. The fourth-order valence-corrected chi connectivity index (χ4v) is 5.22. The summed E-state index contributed by atoms with van der Waals surface area (Å²) < 4.78 is 19.9. The van der Waals surface area contributed by atoms with E-state index in [0.29, 0.717) is 47.6 Å². The molecule has 2 N–H and O–H groups in total. The number of carbonyl (C=O) groups is 1. The van der Waals surface area contributed by atoms with Crippen LogP contribution in [0.2, 0.25) is 0 Å². The molecule has 2 aromatic heterocycles. The molecule has 1 atom stereocenters. The summed E-state index contributed by atoms with van der Waals surface area (Å²) in [4.78, 5) is 19.7. The number of imidazole rings is 1. The van der Waals surface area contributed by atoms with E-state index in [-0.39, 0.29) is 17.8 Å². The van der Waals surface area contributed by atoms with Crippen LogP contribution in [-0.4, -0.2) is 44.1 Å². The first kappa shape index (κ1) is 20.4. The number of aromatic nitrogens is 3. The highest BCUT2D eigenvalue weighted by molar-refractivity contribution is 6.01. The molecular formula is C26H28FN5O. The van der Waals surface area contributed by atoms with Crippen molar-refractivity contribution in [1.82, 2.24) is 19.0 Å². The van der Waals surface area contributed by atoms with E-state index >= 15 is 4.39 Å². The van der Waals surface area contributed by atoms with Crippen LogP contribution < -0.4 is 5.73 Å². The minimum atomic E-state index is -0.331. The van der Waals surface area contributed by atoms with Gasteiger partial charge >= 0.3 is 0 Å². The molecule has 1 aliphatic heterocycles. The molecule has 33 heavy (non-hydrogen) atoms. The number of benzene rings is 2. The SMILES string of the molecule is C[C@@H](N)CN1CCc2c(cc3nc(-c4cc5ccccc5n4CC4CC4)n(C)c3c2F)C1=O. The predicted octanol–water partition coefficient (Wildman–Crippen LogP) is 4.09. The van der Waals surface area contributed by atoms with E-state index in [1.807, 2.05) is 24.6 Å². The number of carbonyl (C=O) groups excluding carboxylic acids is 1. The Hall–Kier alpha value is -3.19. The lowest BCUT2D eigenvalue weighted by Gasteiger charge is -2.30. The molecule has 0 bridgehead atoms. The summed E-state index contributed by atoms with van der Waals surface area (Å²) in [6, 6.07) is 12.1. The van der Waals surface area contributed by atoms with Gasteiger partial charge in [-0.15, -0.1) is 0 Å². The first-order chi connectivity index (χ1) is 15.9. The van der Waals surface area contributed by atoms with E-state index in [4.69, 9.17) is 10.7 Å². The molecule has 4 aromatic rings. The fraction of sp³-hybridized carbons (Fsp3) is 0.385. The Morgan fingerprint density at radius 3 is 2.79 bits per heavy atom. The van der Waals surface area contributed by atoms with Crippen molar-refractivity contribution in [2.24, 2.45) is 18.7 Å². The van der Waals surface area contributed by atoms with Crippen molar-refractivity contribution in [2.75, 3.05) is 13.1 Å². The third-order valence-electron chi connectivity index (χ3n) is 7.04. The topological polar surface area (TPSA) is 69.1 Å². The molecule has 2 aromatic carbocycles. The number of nitrogens with two attached hydrogens (primary N) is 1. The standard InChI is InChI=1S/C26H28FN5O/c1-15(28)13-31-10-9-18-19(26(31)33)12-20-24(23(18)27)30(2)25(29-20)22-11-17-5-3-4-6-21(17)32(22)14-16-7-8-16/h3-6,11-12,15-16H,7-10,13-14,28H2,1-2H3/t15-/m1/s1. The minimum absolute atomic E-state index is 0.126. The molecule has 170 valence electrons. The van der Waals surface area contributed by atoms with Crippen molar-refractivity contribution >= 4 is 27.8 Å². The van der Waals surface area contributed by atoms with Gasteiger partial charge in [0.05, 0.1) is 11.2 Å². The highest BCUT2D eigenvalue weighted by Crippen LogP contribution is 2.37. The van der Waals surface area contributed by atoms with Crippen LogP contribution in [0.5, 0.6) is 0 Å². The second-order valence-electron chi connectivity index (χ2n) is 9.70. The van der Waals surface area contributed by atoms with Gasteiger partial charge in [0.1, 0.15) is 5.52 Å². The molecule has 0 unspecified atom stereocenters. The quantitative estimate of drug-likeness (QED) is 0.503. The molecule has 7 heteroatoms. The molecule has 1 fully saturated rings. The van der Waals surface area contributed by atoms with Crippen molar-refractivity contribution in [2.45, 2.75) is 38.8 Å². The normalized spacial score (nSPS) is 17.2. The van der Waals surface area contributed by atoms with E-state index < -0.39 is 0 Å². The largest absolute Gasteiger partial charge is 0.338 e. The highest BCUT2D eigenvalue weighted by Gasteiger charge is 2.31. The number of hydrogen-bond acceptors (Lipinski definition) is 3. The molecule has 3 heterocycles. The second-order valence-corrected chi connectivity index (χ2v) is 9.70. The summed E-state index contributed by atoms with van der Waals surface area (Å²) in [7, 11) is 1.87. The number of rotatable bonds is 5. The van der Waals surface area contributed by atoms with Crippen LogP contribution in [0.3, 0.4) is 0 Å². The molecular weight excluding hydrogens is 417 g/mol. The summed E-state index contributed by atoms with van der Waals surface area (Å²) in [6.45, 7) is 3.76. The Balaban J connectivity index is 1.52. The van der Waals surface area contributed by atoms with Crippen molar-refractivity contribution in [1.29, 1.82) is 0 Å². The van der Waals surface area contributed by atoms with E-state index in [1.54, 1.807) is 11.0 Å². The third-order valence-corrected chi connectivity index (χ3v) is 7.04. The summed E-state index contributed by atoms with van der Waals surface area (Å²) in [6.07, 6.45) is 2.98. The van der Waals surface area contributed by atoms with Crippen LogP contribution in [0.4, 0.5) is 4.39 Å². The summed E-state index contributed by atoms with van der Waals surface area (Å²) in [5.41, 5.74) is 9.95. The lowest BCUT2D eigenvalue weighted by Crippen LogP contribution is -2.44. The van der Waals surface area contributed by atoms with Crippen LogP contribution in [0.15, 0.2) is 36.4 Å². The molecule has 1 aliphatic carbocycles. The maximum atomic E-state index is 15.8. The zero-order valence-corrected chi connectivity index (χ0v) is 19.0. The lowest BCUT2D eigenvalue weighted by atomic mass is 9.97. The average Bonchev–Trinajstić information content (AvgIpc) is 3.45. The predicted molar refractivity (Wildman–Crippen MR) is 128 cm³/mol. The molecule has 1 saturated carbocycles. The Morgan fingerprint density at radius 2 is 2.03 bits per heavy atom. The first-order valence-corrected chi connectivity index (χ1v) is 11.7. The minimum Gasteiger partial charge on any atom is -0.338 e. The zero-order chi connectivity index (χ0) is 22.9. The van der Waals surface area contributed by atoms with E-state index in [2.05, 4.69) is 28.8 Å². The van der Waals surface area contributed by atoms with E-state index in [1.165, 1.54) is 18.4 Å². The van der Waals surface area contributed by atoms with Crippen molar-refractivity contribution in [3.8, 4) is 11.5 Å². The van der Waals surface area contributed by atoms with E-state index in [9.17, 15) is 4.79 Å². The second kappa shape index (κ2) is 7.42. The average molecular weight is 446 g/mol. The summed E-state index contributed by atoms with van der Waals surface area (Å²) >= 11 is 0. The smallest absolute Gasteiger partial charge is 0.254 e. The number of nitrogens with zero attached hydrogens (tertiary/aromatic N) is 4. The molecule has 0 radical (unpaired) electrons. The Labute approximate surface area is 191 Å². The van der Waals surface area contributed by atoms with Crippen molar-refractivity contribution < 1.29 is 9.18 Å². The number of hydrogen-bond donors (Lipinski definition) is 1. The van der Waals surface area contributed by atoms with Gasteiger partial charge in [-0.25, -0.2) is 9.37 Å². The monoisotopic (exact) mass is 445 g/mol. The fourth-order valence-electron chi connectivity index (χ4n) is 5.22. The molecule has 2 aliphatic rings. The van der Waals surface area contributed by atoms with Crippen molar-refractivity contribution in [3.63, 3.8) is 0 Å². The van der Waals surface area contributed by atoms with Crippen LogP contribution in [0.25, 0.3) is 33.5 Å². The van der Waals surface area contributed by atoms with E-state index in [0.717, 1.165) is 23.4 Å². The number of fused-ring (bicyclic) bond motifs is 3. The van der Waals surface area contributed by atoms with Gasteiger partial charge in [0.2, 0.25) is 0 Å².